The third kappa shape index (κ3) is 2.90. The number of piperazine rings is 1. The van der Waals surface area contributed by atoms with Gasteiger partial charge in [0, 0.05) is 0 Å². The topological polar surface area (TPSA) is 100 Å². The van der Waals surface area contributed by atoms with Crippen LogP contribution >= 0.6 is 0 Å². The van der Waals surface area contributed by atoms with Crippen LogP contribution in [0.2, 0.25) is 0 Å². The summed E-state index contributed by atoms with van der Waals surface area (Å²) in [5.74, 6) is -0.253. The Morgan fingerprint density at radius 2 is 2.21 bits per heavy atom. The monoisotopic (exact) mass is 267 g/mol. The Morgan fingerprint density at radius 3 is 2.89 bits per heavy atom. The number of amides is 2. The van der Waals surface area contributed by atoms with E-state index in [0.29, 0.717) is 18.9 Å². The Bertz CT molecular complexity index is 473. The van der Waals surface area contributed by atoms with Crippen LogP contribution in [-0.2, 0) is 16.1 Å². The number of carbonyl (C=O) groups excluding carboxylic acids is 2. The number of hydrogen-bond donors (Lipinski definition) is 2. The Hall–Kier alpha value is -1.96. The van der Waals surface area contributed by atoms with E-state index in [2.05, 4.69) is 20.8 Å². The molecule has 1 aromatic heterocycles. The highest BCUT2D eigenvalue weighted by Gasteiger charge is 2.35. The summed E-state index contributed by atoms with van der Waals surface area (Å²) < 4.78 is 5.46. The maximum atomic E-state index is 11.7. The van der Waals surface area contributed by atoms with Crippen molar-refractivity contribution in [3.63, 3.8) is 0 Å². The lowest BCUT2D eigenvalue weighted by molar-refractivity contribution is -0.133. The second-order valence-corrected chi connectivity index (χ2v) is 4.22. The van der Waals surface area contributed by atoms with Gasteiger partial charge in [0.15, 0.2) is 0 Å². The molecule has 2 amide bonds. The zero-order valence-electron chi connectivity index (χ0n) is 11.0. The Kier molecular flexibility index (Phi) is 4.10. The molecule has 0 aromatic carbocycles. The molecule has 1 aromatic rings. The summed E-state index contributed by atoms with van der Waals surface area (Å²) in [6, 6.07) is -0.243. The smallest absolute Gasteiger partial charge is 0.319 e. The average molecular weight is 267 g/mol. The third-order valence-electron chi connectivity index (χ3n) is 2.87. The lowest BCUT2D eigenvalue weighted by Crippen LogP contribution is -2.58. The fourth-order valence-corrected chi connectivity index (χ4v) is 1.94. The number of aromatic nitrogens is 2. The van der Waals surface area contributed by atoms with Crippen molar-refractivity contribution in [2.24, 2.45) is 0 Å². The van der Waals surface area contributed by atoms with Crippen molar-refractivity contribution in [3.05, 3.63) is 5.89 Å². The molecule has 2 rings (SSSR count). The molecule has 19 heavy (non-hydrogen) atoms. The second-order valence-electron chi connectivity index (χ2n) is 4.22. The van der Waals surface area contributed by atoms with E-state index >= 15 is 0 Å². The molecule has 1 unspecified atom stereocenters. The molecule has 1 aliphatic rings. The lowest BCUT2D eigenvalue weighted by atomic mass is 10.1. The number of rotatable bonds is 5. The van der Waals surface area contributed by atoms with Crippen molar-refractivity contribution in [2.45, 2.75) is 32.9 Å². The van der Waals surface area contributed by atoms with Gasteiger partial charge >= 0.3 is 6.01 Å². The Morgan fingerprint density at radius 1 is 1.42 bits per heavy atom. The molecule has 0 saturated carbocycles. The maximum absolute atomic E-state index is 11.7. The number of nitrogens with one attached hydrogen (secondary N) is 2. The van der Waals surface area contributed by atoms with E-state index in [9.17, 15) is 9.59 Å². The highest BCUT2D eigenvalue weighted by atomic mass is 16.4. The molecule has 8 nitrogen and oxygen atoms in total. The molecule has 104 valence electrons. The number of imide groups is 1. The SMILES string of the molecule is CCNCc1nnc(N2CC(=O)NC(=O)C2CC)o1. The first-order valence-corrected chi connectivity index (χ1v) is 6.29. The molecule has 1 aliphatic heterocycles. The maximum Gasteiger partial charge on any atom is 0.319 e. The standard InChI is InChI=1S/C11H17N5O3/c1-3-7-10(18)13-8(17)6-16(7)11-15-14-9(19-11)5-12-4-2/h7,12H,3-6H2,1-2H3,(H,13,17,18). The van der Waals surface area contributed by atoms with Gasteiger partial charge in [0.05, 0.1) is 6.54 Å². The van der Waals surface area contributed by atoms with Crippen molar-refractivity contribution >= 4 is 17.8 Å². The summed E-state index contributed by atoms with van der Waals surface area (Å²) in [4.78, 5) is 24.7. The molecule has 1 fully saturated rings. The largest absolute Gasteiger partial charge is 0.407 e. The summed E-state index contributed by atoms with van der Waals surface area (Å²) >= 11 is 0. The molecule has 0 radical (unpaired) electrons. The number of nitrogens with zero attached hydrogens (tertiary/aromatic N) is 3. The molecule has 1 saturated heterocycles. The fourth-order valence-electron chi connectivity index (χ4n) is 1.94. The Balaban J connectivity index is 2.15. The third-order valence-corrected chi connectivity index (χ3v) is 2.87. The second kappa shape index (κ2) is 5.79. The first-order valence-electron chi connectivity index (χ1n) is 6.29. The van der Waals surface area contributed by atoms with E-state index in [1.807, 2.05) is 13.8 Å². The van der Waals surface area contributed by atoms with Gasteiger partial charge in [-0.25, -0.2) is 0 Å². The van der Waals surface area contributed by atoms with Gasteiger partial charge in [0.1, 0.15) is 12.6 Å². The van der Waals surface area contributed by atoms with E-state index in [4.69, 9.17) is 4.42 Å². The van der Waals surface area contributed by atoms with Crippen molar-refractivity contribution in [2.75, 3.05) is 18.0 Å². The average Bonchev–Trinajstić information content (AvgIpc) is 2.84. The zero-order valence-corrected chi connectivity index (χ0v) is 11.0. The summed E-state index contributed by atoms with van der Waals surface area (Å²) in [5.41, 5.74) is 0. The summed E-state index contributed by atoms with van der Waals surface area (Å²) in [7, 11) is 0. The van der Waals surface area contributed by atoms with Crippen molar-refractivity contribution in [3.8, 4) is 0 Å². The van der Waals surface area contributed by atoms with Gasteiger partial charge in [-0.3, -0.25) is 14.9 Å². The molecule has 0 bridgehead atoms. The lowest BCUT2D eigenvalue weighted by Gasteiger charge is -2.31. The van der Waals surface area contributed by atoms with Crippen LogP contribution in [0.15, 0.2) is 4.42 Å². The summed E-state index contributed by atoms with van der Waals surface area (Å²) in [5, 5.41) is 13.1. The summed E-state index contributed by atoms with van der Waals surface area (Å²) in [6.07, 6.45) is 0.560. The van der Waals surface area contributed by atoms with Crippen LogP contribution < -0.4 is 15.5 Å². The normalized spacial score (nSPS) is 19.7. The fraction of sp³-hybridized carbons (Fsp3) is 0.636. The van der Waals surface area contributed by atoms with Gasteiger partial charge in [0.2, 0.25) is 17.7 Å². The van der Waals surface area contributed by atoms with Crippen LogP contribution in [0.25, 0.3) is 0 Å². The molecule has 8 heteroatoms. The minimum absolute atomic E-state index is 0.0487. The first kappa shape index (κ1) is 13.5. The van der Waals surface area contributed by atoms with Crippen LogP contribution in [-0.4, -0.2) is 41.1 Å². The van der Waals surface area contributed by atoms with Crippen LogP contribution in [0.4, 0.5) is 6.01 Å². The molecule has 1 atom stereocenters. The molecule has 2 N–H and O–H groups in total. The molecule has 0 spiro atoms. The van der Waals surface area contributed by atoms with E-state index in [1.165, 1.54) is 0 Å². The van der Waals surface area contributed by atoms with E-state index < -0.39 is 6.04 Å². The molecule has 2 heterocycles. The quantitative estimate of drug-likeness (QED) is 0.688. The van der Waals surface area contributed by atoms with Crippen LogP contribution in [0, 0.1) is 0 Å². The van der Waals surface area contributed by atoms with Gasteiger partial charge in [-0.1, -0.05) is 18.9 Å². The van der Waals surface area contributed by atoms with Crippen molar-refractivity contribution < 1.29 is 14.0 Å². The molecule has 0 aliphatic carbocycles. The van der Waals surface area contributed by atoms with Gasteiger partial charge in [-0.2, -0.15) is 0 Å². The first-order chi connectivity index (χ1) is 9.15. The van der Waals surface area contributed by atoms with Crippen LogP contribution in [0.1, 0.15) is 26.2 Å². The van der Waals surface area contributed by atoms with Crippen molar-refractivity contribution in [1.82, 2.24) is 20.8 Å². The number of carbonyl (C=O) groups is 2. The highest BCUT2D eigenvalue weighted by Crippen LogP contribution is 2.19. The summed E-state index contributed by atoms with van der Waals surface area (Å²) in [6.45, 7) is 5.14. The Labute approximate surface area is 110 Å². The molecular weight excluding hydrogens is 250 g/mol. The van der Waals surface area contributed by atoms with E-state index in [1.54, 1.807) is 4.90 Å². The van der Waals surface area contributed by atoms with Gasteiger partial charge in [0.25, 0.3) is 0 Å². The number of anilines is 1. The number of hydrogen-bond acceptors (Lipinski definition) is 7. The molecular formula is C11H17N5O3. The van der Waals surface area contributed by atoms with Crippen LogP contribution in [0.3, 0.4) is 0 Å². The van der Waals surface area contributed by atoms with Gasteiger partial charge in [-0.15, -0.1) is 5.10 Å². The van der Waals surface area contributed by atoms with E-state index in [-0.39, 0.29) is 24.4 Å². The highest BCUT2D eigenvalue weighted by molar-refractivity contribution is 6.04. The van der Waals surface area contributed by atoms with E-state index in [0.717, 1.165) is 6.54 Å². The minimum Gasteiger partial charge on any atom is -0.407 e. The predicted molar refractivity (Wildman–Crippen MR) is 66.3 cm³/mol. The van der Waals surface area contributed by atoms with Crippen LogP contribution in [0.5, 0.6) is 0 Å². The van der Waals surface area contributed by atoms with Gasteiger partial charge < -0.3 is 14.6 Å². The minimum atomic E-state index is -0.454. The predicted octanol–water partition coefficient (Wildman–Crippen LogP) is -0.579. The zero-order chi connectivity index (χ0) is 13.8. The van der Waals surface area contributed by atoms with Crippen molar-refractivity contribution in [1.29, 1.82) is 0 Å². The van der Waals surface area contributed by atoms with Gasteiger partial charge in [-0.05, 0) is 13.0 Å².